The number of nitrogens with zero attached hydrogens (tertiary/aromatic N) is 1. The van der Waals surface area contributed by atoms with Gasteiger partial charge < -0.3 is 10.4 Å². The zero-order valence-electron chi connectivity index (χ0n) is 8.20. The van der Waals surface area contributed by atoms with E-state index in [1.807, 2.05) is 6.07 Å². The van der Waals surface area contributed by atoms with Crippen LogP contribution < -0.4 is 5.32 Å². The molecule has 2 N–H and O–H groups in total. The van der Waals surface area contributed by atoms with Gasteiger partial charge in [-0.15, -0.1) is 0 Å². The van der Waals surface area contributed by atoms with Crippen molar-refractivity contribution in [3.05, 3.63) is 23.5 Å². The second kappa shape index (κ2) is 5.83. The molecule has 0 spiro atoms. The van der Waals surface area contributed by atoms with E-state index in [9.17, 15) is 0 Å². The van der Waals surface area contributed by atoms with Crippen molar-refractivity contribution in [2.24, 2.45) is 5.92 Å². The highest BCUT2D eigenvalue weighted by molar-refractivity contribution is 6.33. The maximum atomic E-state index is 8.72. The van der Waals surface area contributed by atoms with Gasteiger partial charge in [0, 0.05) is 25.5 Å². The van der Waals surface area contributed by atoms with Crippen LogP contribution >= 0.6 is 11.6 Å². The summed E-state index contributed by atoms with van der Waals surface area (Å²) in [6.07, 6.45) is 4.11. The monoisotopic (exact) mass is 214 g/mol. The summed E-state index contributed by atoms with van der Waals surface area (Å²) in [5, 5.41) is 12.6. The van der Waals surface area contributed by atoms with Crippen LogP contribution in [-0.4, -0.2) is 23.2 Å². The Kier molecular flexibility index (Phi) is 4.70. The second-order valence-corrected chi connectivity index (χ2v) is 3.76. The molecule has 78 valence electrons. The van der Waals surface area contributed by atoms with E-state index < -0.39 is 0 Å². The average molecular weight is 215 g/mol. The fraction of sp³-hybridized carbons (Fsp3) is 0.500. The molecule has 0 bridgehead atoms. The topological polar surface area (TPSA) is 45.1 Å². The Morgan fingerprint density at radius 2 is 2.43 bits per heavy atom. The highest BCUT2D eigenvalue weighted by Gasteiger charge is 2.02. The summed E-state index contributed by atoms with van der Waals surface area (Å²) in [6.45, 7) is 3.12. The van der Waals surface area contributed by atoms with E-state index in [0.29, 0.717) is 10.9 Å². The van der Waals surface area contributed by atoms with E-state index in [0.717, 1.165) is 18.7 Å². The molecule has 0 saturated heterocycles. The molecule has 1 aromatic rings. The predicted molar refractivity (Wildman–Crippen MR) is 58.6 cm³/mol. The van der Waals surface area contributed by atoms with Crippen LogP contribution in [0.1, 0.15) is 13.3 Å². The molecule has 1 unspecified atom stereocenters. The van der Waals surface area contributed by atoms with Crippen molar-refractivity contribution in [2.75, 3.05) is 18.5 Å². The number of aromatic nitrogens is 1. The van der Waals surface area contributed by atoms with Crippen LogP contribution in [0, 0.1) is 5.92 Å². The van der Waals surface area contributed by atoms with Gasteiger partial charge >= 0.3 is 0 Å². The summed E-state index contributed by atoms with van der Waals surface area (Å²) in [5.74, 6) is 0.434. The largest absolute Gasteiger partial charge is 0.396 e. The van der Waals surface area contributed by atoms with Crippen molar-refractivity contribution in [1.82, 2.24) is 4.98 Å². The van der Waals surface area contributed by atoms with E-state index in [4.69, 9.17) is 16.7 Å². The number of hydrogen-bond donors (Lipinski definition) is 2. The molecule has 0 fully saturated rings. The quantitative estimate of drug-likeness (QED) is 0.790. The number of hydrogen-bond acceptors (Lipinski definition) is 3. The summed E-state index contributed by atoms with van der Waals surface area (Å²) in [6, 6.07) is 1.84. The average Bonchev–Trinajstić information content (AvgIpc) is 2.17. The zero-order chi connectivity index (χ0) is 10.4. The first-order valence-electron chi connectivity index (χ1n) is 4.68. The SMILES string of the molecule is CC(CCO)CNc1ccncc1Cl. The third kappa shape index (κ3) is 3.52. The summed E-state index contributed by atoms with van der Waals surface area (Å²) in [7, 11) is 0. The number of nitrogens with one attached hydrogen (secondary N) is 1. The fourth-order valence-electron chi connectivity index (χ4n) is 1.13. The van der Waals surface area contributed by atoms with Crippen molar-refractivity contribution < 1.29 is 5.11 Å². The standard InChI is InChI=1S/C10H15ClN2O/c1-8(3-5-14)6-13-10-2-4-12-7-9(10)11/h2,4,7-8,14H,3,5-6H2,1H3,(H,12,13). The summed E-state index contributed by atoms with van der Waals surface area (Å²) in [5.41, 5.74) is 0.895. The van der Waals surface area contributed by atoms with Crippen LogP contribution in [0.3, 0.4) is 0 Å². The van der Waals surface area contributed by atoms with Crippen molar-refractivity contribution >= 4 is 17.3 Å². The fourth-order valence-corrected chi connectivity index (χ4v) is 1.31. The Bertz CT molecular complexity index is 281. The van der Waals surface area contributed by atoms with Gasteiger partial charge in [0.2, 0.25) is 0 Å². The van der Waals surface area contributed by atoms with E-state index in [1.165, 1.54) is 0 Å². The van der Waals surface area contributed by atoms with Gasteiger partial charge in [0.15, 0.2) is 0 Å². The first kappa shape index (κ1) is 11.3. The minimum absolute atomic E-state index is 0.229. The molecule has 1 aromatic heterocycles. The third-order valence-corrected chi connectivity index (χ3v) is 2.34. The normalized spacial score (nSPS) is 12.5. The Balaban J connectivity index is 2.41. The number of anilines is 1. The molecule has 0 aliphatic heterocycles. The van der Waals surface area contributed by atoms with Gasteiger partial charge in [0.05, 0.1) is 10.7 Å². The number of aliphatic hydroxyl groups is 1. The van der Waals surface area contributed by atoms with E-state index in [1.54, 1.807) is 12.4 Å². The lowest BCUT2D eigenvalue weighted by Gasteiger charge is -2.12. The Morgan fingerprint density at radius 3 is 3.07 bits per heavy atom. The molecule has 1 heterocycles. The van der Waals surface area contributed by atoms with Crippen molar-refractivity contribution in [3.63, 3.8) is 0 Å². The molecule has 14 heavy (non-hydrogen) atoms. The van der Waals surface area contributed by atoms with E-state index in [-0.39, 0.29) is 6.61 Å². The minimum atomic E-state index is 0.229. The summed E-state index contributed by atoms with van der Waals surface area (Å²) < 4.78 is 0. The molecule has 0 saturated carbocycles. The predicted octanol–water partition coefficient (Wildman–Crippen LogP) is 2.17. The first-order valence-corrected chi connectivity index (χ1v) is 5.06. The number of halogens is 1. The Morgan fingerprint density at radius 1 is 1.64 bits per heavy atom. The lowest BCUT2D eigenvalue weighted by atomic mass is 10.1. The molecule has 0 aromatic carbocycles. The van der Waals surface area contributed by atoms with Crippen molar-refractivity contribution in [2.45, 2.75) is 13.3 Å². The lowest BCUT2D eigenvalue weighted by molar-refractivity contribution is 0.266. The third-order valence-electron chi connectivity index (χ3n) is 2.04. The van der Waals surface area contributed by atoms with Gasteiger partial charge in [-0.1, -0.05) is 18.5 Å². The molecule has 0 aliphatic carbocycles. The highest BCUT2D eigenvalue weighted by Crippen LogP contribution is 2.19. The number of rotatable bonds is 5. The van der Waals surface area contributed by atoms with Gasteiger partial charge in [-0.3, -0.25) is 4.98 Å². The molecule has 0 radical (unpaired) electrons. The van der Waals surface area contributed by atoms with E-state index in [2.05, 4.69) is 17.2 Å². The molecule has 0 amide bonds. The summed E-state index contributed by atoms with van der Waals surface area (Å²) in [4.78, 5) is 3.90. The van der Waals surface area contributed by atoms with E-state index >= 15 is 0 Å². The maximum Gasteiger partial charge on any atom is 0.0820 e. The van der Waals surface area contributed by atoms with Crippen LogP contribution in [-0.2, 0) is 0 Å². The molecule has 3 nitrogen and oxygen atoms in total. The van der Waals surface area contributed by atoms with Crippen molar-refractivity contribution in [1.29, 1.82) is 0 Å². The smallest absolute Gasteiger partial charge is 0.0820 e. The summed E-state index contributed by atoms with van der Waals surface area (Å²) >= 11 is 5.91. The lowest BCUT2D eigenvalue weighted by Crippen LogP contribution is -2.12. The van der Waals surface area contributed by atoms with Crippen LogP contribution in [0.2, 0.25) is 5.02 Å². The van der Waals surface area contributed by atoms with Crippen LogP contribution in [0.5, 0.6) is 0 Å². The maximum absolute atomic E-state index is 8.72. The number of pyridine rings is 1. The highest BCUT2D eigenvalue weighted by atomic mass is 35.5. The first-order chi connectivity index (χ1) is 6.74. The molecular weight excluding hydrogens is 200 g/mol. The second-order valence-electron chi connectivity index (χ2n) is 3.35. The van der Waals surface area contributed by atoms with Gasteiger partial charge in [-0.25, -0.2) is 0 Å². The van der Waals surface area contributed by atoms with Gasteiger partial charge in [0.25, 0.3) is 0 Å². The molecular formula is C10H15ClN2O. The molecule has 1 rings (SSSR count). The minimum Gasteiger partial charge on any atom is -0.396 e. The van der Waals surface area contributed by atoms with Gasteiger partial charge in [-0.05, 0) is 18.4 Å². The van der Waals surface area contributed by atoms with Crippen LogP contribution in [0.25, 0.3) is 0 Å². The van der Waals surface area contributed by atoms with Gasteiger partial charge in [-0.2, -0.15) is 0 Å². The Hall–Kier alpha value is -0.800. The number of aliphatic hydroxyl groups excluding tert-OH is 1. The molecule has 1 atom stereocenters. The van der Waals surface area contributed by atoms with Gasteiger partial charge in [0.1, 0.15) is 0 Å². The van der Waals surface area contributed by atoms with Crippen molar-refractivity contribution in [3.8, 4) is 0 Å². The zero-order valence-corrected chi connectivity index (χ0v) is 8.96. The van der Waals surface area contributed by atoms with Crippen LogP contribution in [0.15, 0.2) is 18.5 Å². The molecule has 0 aliphatic rings. The van der Waals surface area contributed by atoms with Crippen LogP contribution in [0.4, 0.5) is 5.69 Å². The molecule has 4 heteroatoms. The Labute approximate surface area is 89.1 Å².